The summed E-state index contributed by atoms with van der Waals surface area (Å²) in [5.41, 5.74) is 4.68. The molecule has 1 amide bonds. The average molecular weight is 419 g/mol. The highest BCUT2D eigenvalue weighted by molar-refractivity contribution is 7.18. The highest BCUT2D eigenvalue weighted by Gasteiger charge is 2.17. The van der Waals surface area contributed by atoms with E-state index in [9.17, 15) is 4.79 Å². The normalized spacial score (nSPS) is 10.7. The van der Waals surface area contributed by atoms with Gasteiger partial charge in [0.05, 0.1) is 27.7 Å². The number of carbonyl (C=O) groups excluding carboxylic acids is 1. The van der Waals surface area contributed by atoms with E-state index < -0.39 is 0 Å². The summed E-state index contributed by atoms with van der Waals surface area (Å²) in [7, 11) is 0. The summed E-state index contributed by atoms with van der Waals surface area (Å²) in [4.78, 5) is 18.5. The van der Waals surface area contributed by atoms with E-state index in [2.05, 4.69) is 36.5 Å². The number of aryl methyl sites for hydroxylation is 1. The van der Waals surface area contributed by atoms with Gasteiger partial charge in [0, 0.05) is 5.56 Å². The third-order valence-corrected chi connectivity index (χ3v) is 6.03. The molecule has 0 fully saturated rings. The monoisotopic (exact) mass is 418 g/mol. The highest BCUT2D eigenvalue weighted by Crippen LogP contribution is 2.36. The van der Waals surface area contributed by atoms with Gasteiger partial charge >= 0.3 is 0 Å². The largest absolute Gasteiger partial charge is 0.324 e. The molecule has 4 aromatic rings. The van der Waals surface area contributed by atoms with Crippen LogP contribution in [-0.2, 0) is 11.2 Å². The van der Waals surface area contributed by atoms with Crippen LogP contribution < -0.4 is 5.32 Å². The number of anilines is 1. The zero-order valence-corrected chi connectivity index (χ0v) is 17.4. The summed E-state index contributed by atoms with van der Waals surface area (Å²) < 4.78 is 0. The maximum absolute atomic E-state index is 12.7. The second kappa shape index (κ2) is 8.60. The summed E-state index contributed by atoms with van der Waals surface area (Å²) in [5.74, 6) is -0.142. The number of carbonyl (C=O) groups is 1. The lowest BCUT2D eigenvalue weighted by atomic mass is 10.1. The average Bonchev–Trinajstić information content (AvgIpc) is 3.14. The Labute approximate surface area is 179 Å². The van der Waals surface area contributed by atoms with Crippen LogP contribution in [0.3, 0.4) is 0 Å². The summed E-state index contributed by atoms with van der Waals surface area (Å²) in [5, 5.41) is 4.31. The number of benzene rings is 3. The molecule has 3 aromatic carbocycles. The van der Waals surface area contributed by atoms with Crippen molar-refractivity contribution in [3.8, 4) is 21.0 Å². The first-order chi connectivity index (χ1) is 14.1. The zero-order chi connectivity index (χ0) is 20.2. The van der Waals surface area contributed by atoms with Gasteiger partial charge in [-0.05, 0) is 24.6 Å². The Morgan fingerprint density at radius 2 is 1.62 bits per heavy atom. The van der Waals surface area contributed by atoms with Crippen LogP contribution in [0.25, 0.3) is 21.0 Å². The van der Waals surface area contributed by atoms with Gasteiger partial charge in [-0.25, -0.2) is 4.98 Å². The van der Waals surface area contributed by atoms with Crippen LogP contribution in [0, 0.1) is 6.92 Å². The molecule has 0 bridgehead atoms. The SMILES string of the molecule is Cc1ccc(-c2sc(-c3ccccc3)nc2CC(=O)Nc2ccccc2Cl)cc1. The molecule has 0 aliphatic heterocycles. The van der Waals surface area contributed by atoms with Crippen molar-refractivity contribution in [1.29, 1.82) is 0 Å². The maximum atomic E-state index is 12.7. The predicted molar refractivity (Wildman–Crippen MR) is 122 cm³/mol. The van der Waals surface area contributed by atoms with E-state index in [-0.39, 0.29) is 12.3 Å². The van der Waals surface area contributed by atoms with Crippen LogP contribution in [0.5, 0.6) is 0 Å². The van der Waals surface area contributed by atoms with E-state index >= 15 is 0 Å². The maximum Gasteiger partial charge on any atom is 0.230 e. The number of amides is 1. The Hall–Kier alpha value is -2.95. The van der Waals surface area contributed by atoms with Gasteiger partial charge in [-0.3, -0.25) is 4.79 Å². The molecule has 1 N–H and O–H groups in total. The molecule has 1 aromatic heterocycles. The minimum absolute atomic E-state index is 0.142. The molecular formula is C24H19ClN2OS. The minimum Gasteiger partial charge on any atom is -0.324 e. The number of halogens is 1. The van der Waals surface area contributed by atoms with E-state index in [0.29, 0.717) is 10.7 Å². The van der Waals surface area contributed by atoms with Gasteiger partial charge in [0.2, 0.25) is 5.91 Å². The molecule has 0 aliphatic carbocycles. The third-order valence-electron chi connectivity index (χ3n) is 4.51. The van der Waals surface area contributed by atoms with E-state index in [1.165, 1.54) is 5.56 Å². The predicted octanol–water partition coefficient (Wildman–Crippen LogP) is 6.62. The van der Waals surface area contributed by atoms with Gasteiger partial charge in [-0.15, -0.1) is 11.3 Å². The molecule has 0 unspecified atom stereocenters. The number of hydrogen-bond acceptors (Lipinski definition) is 3. The minimum atomic E-state index is -0.142. The molecule has 1 heterocycles. The summed E-state index contributed by atoms with van der Waals surface area (Å²) in [6, 6.07) is 25.6. The van der Waals surface area contributed by atoms with Crippen molar-refractivity contribution in [2.75, 3.05) is 5.32 Å². The standard InChI is InChI=1S/C24H19ClN2OS/c1-16-11-13-17(14-12-16)23-21(27-24(29-23)18-7-3-2-4-8-18)15-22(28)26-20-10-6-5-9-19(20)25/h2-14H,15H2,1H3,(H,26,28). The first-order valence-electron chi connectivity index (χ1n) is 9.27. The second-order valence-electron chi connectivity index (χ2n) is 6.73. The molecule has 3 nitrogen and oxygen atoms in total. The van der Waals surface area contributed by atoms with Crippen molar-refractivity contribution in [1.82, 2.24) is 4.98 Å². The fourth-order valence-corrected chi connectivity index (χ4v) is 4.29. The summed E-state index contributed by atoms with van der Waals surface area (Å²) >= 11 is 7.77. The molecule has 144 valence electrons. The number of hydrogen-bond donors (Lipinski definition) is 1. The zero-order valence-electron chi connectivity index (χ0n) is 15.9. The fourth-order valence-electron chi connectivity index (χ4n) is 3.02. The Morgan fingerprint density at radius 3 is 2.34 bits per heavy atom. The Kier molecular flexibility index (Phi) is 5.74. The number of para-hydroxylation sites is 1. The Bertz CT molecular complexity index is 1140. The lowest BCUT2D eigenvalue weighted by Crippen LogP contribution is -2.15. The Balaban J connectivity index is 1.67. The van der Waals surface area contributed by atoms with E-state index in [1.54, 1.807) is 23.5 Å². The molecule has 0 saturated carbocycles. The van der Waals surface area contributed by atoms with E-state index in [1.807, 2.05) is 42.5 Å². The van der Waals surface area contributed by atoms with E-state index in [0.717, 1.165) is 26.7 Å². The third kappa shape index (κ3) is 4.56. The molecule has 0 spiro atoms. The van der Waals surface area contributed by atoms with Crippen molar-refractivity contribution in [2.24, 2.45) is 0 Å². The fraction of sp³-hybridized carbons (Fsp3) is 0.0833. The van der Waals surface area contributed by atoms with Crippen LogP contribution in [0.2, 0.25) is 5.02 Å². The van der Waals surface area contributed by atoms with Crippen molar-refractivity contribution >= 4 is 34.5 Å². The Morgan fingerprint density at radius 1 is 0.931 bits per heavy atom. The topological polar surface area (TPSA) is 42.0 Å². The van der Waals surface area contributed by atoms with Crippen LogP contribution in [0.4, 0.5) is 5.69 Å². The number of nitrogens with zero attached hydrogens (tertiary/aromatic N) is 1. The van der Waals surface area contributed by atoms with E-state index in [4.69, 9.17) is 16.6 Å². The molecule has 5 heteroatoms. The number of aromatic nitrogens is 1. The number of rotatable bonds is 5. The highest BCUT2D eigenvalue weighted by atomic mass is 35.5. The quantitative estimate of drug-likeness (QED) is 0.395. The van der Waals surface area contributed by atoms with Crippen molar-refractivity contribution in [3.63, 3.8) is 0 Å². The molecule has 29 heavy (non-hydrogen) atoms. The molecule has 0 radical (unpaired) electrons. The van der Waals surface area contributed by atoms with Gasteiger partial charge < -0.3 is 5.32 Å². The van der Waals surface area contributed by atoms with Crippen molar-refractivity contribution in [3.05, 3.63) is 95.1 Å². The molecule has 0 aliphatic rings. The summed E-state index contributed by atoms with van der Waals surface area (Å²) in [6.07, 6.45) is 0.178. The van der Waals surface area contributed by atoms with Crippen LogP contribution in [0.15, 0.2) is 78.9 Å². The van der Waals surface area contributed by atoms with Gasteiger partial charge in [-0.1, -0.05) is 83.9 Å². The van der Waals surface area contributed by atoms with Gasteiger partial charge in [-0.2, -0.15) is 0 Å². The van der Waals surface area contributed by atoms with Crippen LogP contribution >= 0.6 is 22.9 Å². The number of thiazole rings is 1. The molecule has 4 rings (SSSR count). The molecular weight excluding hydrogens is 400 g/mol. The van der Waals surface area contributed by atoms with Crippen molar-refractivity contribution < 1.29 is 4.79 Å². The van der Waals surface area contributed by atoms with Crippen molar-refractivity contribution in [2.45, 2.75) is 13.3 Å². The summed E-state index contributed by atoms with van der Waals surface area (Å²) in [6.45, 7) is 2.06. The first kappa shape index (κ1) is 19.4. The lowest BCUT2D eigenvalue weighted by molar-refractivity contribution is -0.115. The van der Waals surface area contributed by atoms with Gasteiger partial charge in [0.1, 0.15) is 5.01 Å². The first-order valence-corrected chi connectivity index (χ1v) is 10.5. The molecule has 0 atom stereocenters. The van der Waals surface area contributed by atoms with Gasteiger partial charge in [0.15, 0.2) is 0 Å². The van der Waals surface area contributed by atoms with Crippen LogP contribution in [-0.4, -0.2) is 10.9 Å². The molecule has 0 saturated heterocycles. The smallest absolute Gasteiger partial charge is 0.230 e. The van der Waals surface area contributed by atoms with Gasteiger partial charge in [0.25, 0.3) is 0 Å². The second-order valence-corrected chi connectivity index (χ2v) is 8.14. The lowest BCUT2D eigenvalue weighted by Gasteiger charge is -2.07. The number of nitrogens with one attached hydrogen (secondary N) is 1. The van der Waals surface area contributed by atoms with Crippen LogP contribution in [0.1, 0.15) is 11.3 Å².